The highest BCUT2D eigenvalue weighted by Crippen LogP contribution is 2.07. The zero-order valence-electron chi connectivity index (χ0n) is 12.1. The van der Waals surface area contributed by atoms with Gasteiger partial charge in [-0.2, -0.15) is 0 Å². The van der Waals surface area contributed by atoms with Crippen molar-refractivity contribution in [3.05, 3.63) is 29.8 Å². The molecule has 0 heterocycles. The number of nitrogens with one attached hydrogen (secondary N) is 2. The molecule has 0 radical (unpaired) electrons. The fraction of sp³-hybridized carbons (Fsp3) is 0.533. The molecule has 2 amide bonds. The van der Waals surface area contributed by atoms with Crippen LogP contribution in [-0.4, -0.2) is 18.1 Å². The molecule has 1 aromatic rings. The summed E-state index contributed by atoms with van der Waals surface area (Å²) in [4.78, 5) is 11.7. The Morgan fingerprint density at radius 1 is 1.16 bits per heavy atom. The van der Waals surface area contributed by atoms with E-state index in [1.54, 1.807) is 0 Å². The van der Waals surface area contributed by atoms with E-state index in [2.05, 4.69) is 17.6 Å². The van der Waals surface area contributed by atoms with Crippen LogP contribution in [-0.2, 0) is 6.42 Å². The third kappa shape index (κ3) is 6.13. The lowest BCUT2D eigenvalue weighted by Gasteiger charge is -2.18. The zero-order valence-corrected chi connectivity index (χ0v) is 12.1. The number of benzene rings is 1. The topological polar surface area (TPSA) is 67.2 Å². The molecule has 0 fully saturated rings. The first-order valence-corrected chi connectivity index (χ1v) is 6.92. The summed E-state index contributed by atoms with van der Waals surface area (Å²) in [5.41, 5.74) is 7.57. The van der Waals surface area contributed by atoms with Gasteiger partial charge in [0.1, 0.15) is 0 Å². The molecule has 19 heavy (non-hydrogen) atoms. The van der Waals surface area contributed by atoms with Gasteiger partial charge in [0.25, 0.3) is 0 Å². The van der Waals surface area contributed by atoms with Crippen LogP contribution in [0.15, 0.2) is 24.3 Å². The lowest BCUT2D eigenvalue weighted by molar-refractivity contribution is 0.234. The number of hydrogen-bond acceptors (Lipinski definition) is 2. The number of carbonyl (C=O) groups excluding carboxylic acids is 1. The van der Waals surface area contributed by atoms with Crippen LogP contribution < -0.4 is 16.4 Å². The van der Waals surface area contributed by atoms with Gasteiger partial charge in [-0.1, -0.05) is 25.5 Å². The highest BCUT2D eigenvalue weighted by molar-refractivity contribution is 5.74. The first-order valence-electron chi connectivity index (χ1n) is 6.92. The van der Waals surface area contributed by atoms with Crippen molar-refractivity contribution in [2.24, 2.45) is 0 Å². The van der Waals surface area contributed by atoms with E-state index < -0.39 is 0 Å². The van der Waals surface area contributed by atoms with Gasteiger partial charge in [0.2, 0.25) is 0 Å². The van der Waals surface area contributed by atoms with Gasteiger partial charge in [-0.25, -0.2) is 4.79 Å². The molecule has 106 valence electrons. The van der Waals surface area contributed by atoms with Gasteiger partial charge in [-0.05, 0) is 44.4 Å². The fourth-order valence-corrected chi connectivity index (χ4v) is 2.05. The van der Waals surface area contributed by atoms with Crippen molar-refractivity contribution in [1.82, 2.24) is 10.6 Å². The summed E-state index contributed by atoms with van der Waals surface area (Å²) in [7, 11) is 0. The van der Waals surface area contributed by atoms with Crippen LogP contribution in [0.5, 0.6) is 0 Å². The molecular weight excluding hydrogens is 238 g/mol. The van der Waals surface area contributed by atoms with E-state index in [9.17, 15) is 4.79 Å². The highest BCUT2D eigenvalue weighted by Gasteiger charge is 2.10. The number of nitrogens with two attached hydrogens (primary N) is 1. The van der Waals surface area contributed by atoms with Crippen LogP contribution in [0.2, 0.25) is 0 Å². The zero-order chi connectivity index (χ0) is 14.3. The molecule has 4 heteroatoms. The Labute approximate surface area is 115 Å². The van der Waals surface area contributed by atoms with Crippen molar-refractivity contribution in [3.8, 4) is 0 Å². The molecule has 0 aliphatic carbocycles. The quantitative estimate of drug-likeness (QED) is 0.691. The molecule has 4 N–H and O–H groups in total. The predicted octanol–water partition coefficient (Wildman–Crippen LogP) is 2.69. The van der Waals surface area contributed by atoms with Gasteiger partial charge in [0, 0.05) is 17.8 Å². The van der Waals surface area contributed by atoms with Gasteiger partial charge in [0.05, 0.1) is 0 Å². The van der Waals surface area contributed by atoms with Crippen molar-refractivity contribution in [2.75, 3.05) is 5.73 Å². The van der Waals surface area contributed by atoms with E-state index in [1.807, 2.05) is 38.1 Å². The van der Waals surface area contributed by atoms with Crippen molar-refractivity contribution in [2.45, 2.75) is 52.1 Å². The molecule has 4 nitrogen and oxygen atoms in total. The Morgan fingerprint density at radius 2 is 1.74 bits per heavy atom. The van der Waals surface area contributed by atoms with E-state index in [4.69, 9.17) is 5.73 Å². The molecule has 1 rings (SSSR count). The second-order valence-corrected chi connectivity index (χ2v) is 5.15. The van der Waals surface area contributed by atoms with Gasteiger partial charge in [0.15, 0.2) is 0 Å². The number of hydrogen-bond donors (Lipinski definition) is 3. The minimum absolute atomic E-state index is 0.0936. The highest BCUT2D eigenvalue weighted by atomic mass is 16.2. The molecular formula is C15H25N3O. The number of nitrogen functional groups attached to an aromatic ring is 1. The third-order valence-corrected chi connectivity index (χ3v) is 3.00. The smallest absolute Gasteiger partial charge is 0.315 e. The summed E-state index contributed by atoms with van der Waals surface area (Å²) >= 11 is 0. The summed E-state index contributed by atoms with van der Waals surface area (Å²) < 4.78 is 0. The Hall–Kier alpha value is -1.71. The molecule has 1 aromatic carbocycles. The second-order valence-electron chi connectivity index (χ2n) is 5.15. The number of carbonyl (C=O) groups is 1. The van der Waals surface area contributed by atoms with E-state index >= 15 is 0 Å². The third-order valence-electron chi connectivity index (χ3n) is 3.00. The summed E-state index contributed by atoms with van der Waals surface area (Å²) in [6.45, 7) is 6.13. The standard InChI is InChI=1S/C15H25N3O/c1-4-5-11(2)17-15(19)18-12(3)10-13-6-8-14(16)9-7-13/h6-9,11-12H,4-5,10,16H2,1-3H3,(H2,17,18,19)/t11-,12-/m1/s1. The van der Waals surface area contributed by atoms with Crippen LogP contribution in [0, 0.1) is 0 Å². The van der Waals surface area contributed by atoms with E-state index in [1.165, 1.54) is 5.56 Å². The maximum absolute atomic E-state index is 11.7. The van der Waals surface area contributed by atoms with Crippen molar-refractivity contribution in [1.29, 1.82) is 0 Å². The normalized spacial score (nSPS) is 13.6. The fourth-order valence-electron chi connectivity index (χ4n) is 2.05. The van der Waals surface area contributed by atoms with Crippen LogP contribution in [0.4, 0.5) is 10.5 Å². The van der Waals surface area contributed by atoms with Crippen LogP contribution in [0.25, 0.3) is 0 Å². The lowest BCUT2D eigenvalue weighted by Crippen LogP contribution is -2.45. The molecule has 0 spiro atoms. The lowest BCUT2D eigenvalue weighted by atomic mass is 10.1. The summed E-state index contributed by atoms with van der Waals surface area (Å²) in [5.74, 6) is 0. The van der Waals surface area contributed by atoms with Gasteiger partial charge in [-0.15, -0.1) is 0 Å². The number of rotatable bonds is 6. The minimum Gasteiger partial charge on any atom is -0.399 e. The van der Waals surface area contributed by atoms with Crippen molar-refractivity contribution in [3.63, 3.8) is 0 Å². The molecule has 0 saturated heterocycles. The largest absolute Gasteiger partial charge is 0.399 e. The second kappa shape index (κ2) is 7.67. The van der Waals surface area contributed by atoms with Crippen LogP contribution in [0.1, 0.15) is 39.2 Å². The van der Waals surface area contributed by atoms with Crippen LogP contribution >= 0.6 is 0 Å². The maximum atomic E-state index is 11.7. The Bertz CT molecular complexity index is 389. The average Bonchev–Trinajstić information content (AvgIpc) is 2.32. The van der Waals surface area contributed by atoms with Gasteiger partial charge in [-0.3, -0.25) is 0 Å². The van der Waals surface area contributed by atoms with E-state index in [0.29, 0.717) is 0 Å². The number of amides is 2. The first kappa shape index (κ1) is 15.3. The molecule has 2 atom stereocenters. The predicted molar refractivity (Wildman–Crippen MR) is 80.1 cm³/mol. The summed E-state index contributed by atoms with van der Waals surface area (Å²) in [6.07, 6.45) is 2.87. The molecule has 0 aliphatic heterocycles. The molecule has 0 unspecified atom stereocenters. The van der Waals surface area contributed by atoms with Gasteiger partial charge < -0.3 is 16.4 Å². The van der Waals surface area contributed by atoms with E-state index in [0.717, 1.165) is 24.9 Å². The first-order chi connectivity index (χ1) is 9.01. The SMILES string of the molecule is CCC[C@@H](C)NC(=O)N[C@H](C)Cc1ccc(N)cc1. The number of urea groups is 1. The summed E-state index contributed by atoms with van der Waals surface area (Å²) in [6, 6.07) is 7.96. The molecule has 0 bridgehead atoms. The van der Waals surface area contributed by atoms with Crippen molar-refractivity contribution >= 4 is 11.7 Å². The summed E-state index contributed by atoms with van der Waals surface area (Å²) in [5, 5.41) is 5.89. The maximum Gasteiger partial charge on any atom is 0.315 e. The molecule has 0 aromatic heterocycles. The number of anilines is 1. The van der Waals surface area contributed by atoms with Crippen LogP contribution in [0.3, 0.4) is 0 Å². The molecule has 0 aliphatic rings. The minimum atomic E-state index is -0.0936. The Kier molecular flexibility index (Phi) is 6.19. The Balaban J connectivity index is 2.36. The Morgan fingerprint density at radius 3 is 2.32 bits per heavy atom. The monoisotopic (exact) mass is 263 g/mol. The van der Waals surface area contributed by atoms with Gasteiger partial charge >= 0.3 is 6.03 Å². The van der Waals surface area contributed by atoms with Crippen molar-refractivity contribution < 1.29 is 4.79 Å². The molecule has 0 saturated carbocycles. The average molecular weight is 263 g/mol. The van der Waals surface area contributed by atoms with E-state index in [-0.39, 0.29) is 18.1 Å².